The molecule has 7 heteroatoms. The zero-order chi connectivity index (χ0) is 10.7. The Morgan fingerprint density at radius 3 is 3.27 bits per heavy atom. The highest BCUT2D eigenvalue weighted by atomic mass is 32.1. The molecule has 6 nitrogen and oxygen atoms in total. The molecule has 0 aliphatic rings. The molecule has 2 aromatic heterocycles. The van der Waals surface area contributed by atoms with E-state index < -0.39 is 0 Å². The van der Waals surface area contributed by atoms with Crippen molar-refractivity contribution < 1.29 is 0 Å². The lowest BCUT2D eigenvalue weighted by Gasteiger charge is -2.00. The number of hydrogen-bond donors (Lipinski definition) is 2. The van der Waals surface area contributed by atoms with Gasteiger partial charge in [0.25, 0.3) is 0 Å². The van der Waals surface area contributed by atoms with Crippen LogP contribution in [-0.4, -0.2) is 38.6 Å². The standard InChI is InChI=1S/C8H12N6S/c1-9-3-2-4-14-7-6(12-13-14)8(15)11-5-10-7/h5,9H,2-4H2,1H3,(H,10,11,15). The number of rotatable bonds is 4. The van der Waals surface area contributed by atoms with Crippen molar-refractivity contribution in [3.8, 4) is 0 Å². The maximum absolute atomic E-state index is 5.04. The molecule has 2 rings (SSSR count). The van der Waals surface area contributed by atoms with Crippen LogP contribution in [-0.2, 0) is 6.54 Å². The summed E-state index contributed by atoms with van der Waals surface area (Å²) in [5.74, 6) is 0. The summed E-state index contributed by atoms with van der Waals surface area (Å²) >= 11 is 5.04. The molecule has 0 bridgehead atoms. The Labute approximate surface area is 91.7 Å². The van der Waals surface area contributed by atoms with E-state index in [1.165, 1.54) is 0 Å². The van der Waals surface area contributed by atoms with Gasteiger partial charge in [-0.05, 0) is 20.0 Å². The van der Waals surface area contributed by atoms with Gasteiger partial charge in [-0.2, -0.15) is 0 Å². The molecule has 0 atom stereocenters. The Kier molecular flexibility index (Phi) is 3.02. The molecule has 80 valence electrons. The minimum absolute atomic E-state index is 0.489. The zero-order valence-electron chi connectivity index (χ0n) is 8.40. The van der Waals surface area contributed by atoms with E-state index in [0.29, 0.717) is 10.2 Å². The van der Waals surface area contributed by atoms with Gasteiger partial charge in [0.2, 0.25) is 0 Å². The Balaban J connectivity index is 2.29. The SMILES string of the molecule is CNCCCn1nnc2c(=S)nc[nH]c21. The van der Waals surface area contributed by atoms with Gasteiger partial charge in [-0.3, -0.25) is 0 Å². The third kappa shape index (κ3) is 2.02. The van der Waals surface area contributed by atoms with Gasteiger partial charge in [0, 0.05) is 6.54 Å². The predicted molar refractivity (Wildman–Crippen MR) is 59.1 cm³/mol. The van der Waals surface area contributed by atoms with Gasteiger partial charge in [0.1, 0.15) is 0 Å². The van der Waals surface area contributed by atoms with E-state index in [0.717, 1.165) is 25.2 Å². The van der Waals surface area contributed by atoms with Crippen LogP contribution in [0.2, 0.25) is 0 Å². The van der Waals surface area contributed by atoms with Crippen LogP contribution in [0.1, 0.15) is 6.42 Å². The van der Waals surface area contributed by atoms with E-state index in [-0.39, 0.29) is 0 Å². The number of nitrogens with zero attached hydrogens (tertiary/aromatic N) is 4. The van der Waals surface area contributed by atoms with Crippen LogP contribution in [0.4, 0.5) is 0 Å². The average Bonchev–Trinajstić information content (AvgIpc) is 2.64. The summed E-state index contributed by atoms with van der Waals surface area (Å²) in [6.07, 6.45) is 2.57. The summed E-state index contributed by atoms with van der Waals surface area (Å²) in [7, 11) is 1.93. The lowest BCUT2D eigenvalue weighted by Crippen LogP contribution is -2.11. The van der Waals surface area contributed by atoms with Crippen molar-refractivity contribution in [2.75, 3.05) is 13.6 Å². The van der Waals surface area contributed by atoms with Gasteiger partial charge in [-0.15, -0.1) is 5.10 Å². The van der Waals surface area contributed by atoms with Crippen molar-refractivity contribution in [1.29, 1.82) is 0 Å². The summed E-state index contributed by atoms with van der Waals surface area (Å²) in [5, 5.41) is 11.1. The van der Waals surface area contributed by atoms with E-state index in [9.17, 15) is 0 Å². The molecule has 0 aromatic carbocycles. The van der Waals surface area contributed by atoms with Crippen LogP contribution in [0.3, 0.4) is 0 Å². The smallest absolute Gasteiger partial charge is 0.166 e. The first kappa shape index (κ1) is 10.2. The van der Waals surface area contributed by atoms with Crippen LogP contribution in [0.25, 0.3) is 11.2 Å². The number of fused-ring (bicyclic) bond motifs is 1. The number of aromatic nitrogens is 5. The minimum atomic E-state index is 0.489. The lowest BCUT2D eigenvalue weighted by atomic mass is 10.4. The summed E-state index contributed by atoms with van der Waals surface area (Å²) in [5.41, 5.74) is 1.50. The second-order valence-corrected chi connectivity index (χ2v) is 3.56. The third-order valence-electron chi connectivity index (χ3n) is 2.12. The van der Waals surface area contributed by atoms with Crippen LogP contribution in [0, 0.1) is 4.64 Å². The summed E-state index contributed by atoms with van der Waals surface area (Å²) < 4.78 is 2.30. The molecule has 2 aromatic rings. The first-order valence-corrected chi connectivity index (χ1v) is 5.15. The van der Waals surface area contributed by atoms with Crippen LogP contribution in [0.5, 0.6) is 0 Å². The fraction of sp³-hybridized carbons (Fsp3) is 0.500. The van der Waals surface area contributed by atoms with Gasteiger partial charge in [0.05, 0.1) is 6.33 Å². The van der Waals surface area contributed by atoms with Gasteiger partial charge >= 0.3 is 0 Å². The number of H-pyrrole nitrogens is 1. The molecule has 15 heavy (non-hydrogen) atoms. The maximum Gasteiger partial charge on any atom is 0.166 e. The van der Waals surface area contributed by atoms with Gasteiger partial charge < -0.3 is 10.3 Å². The molecule has 0 unspecified atom stereocenters. The number of hydrogen-bond acceptors (Lipinski definition) is 5. The molecule has 0 spiro atoms. The molecular weight excluding hydrogens is 212 g/mol. The molecular formula is C8H12N6S. The maximum atomic E-state index is 5.04. The van der Waals surface area contributed by atoms with Gasteiger partial charge in [0.15, 0.2) is 15.8 Å². The Morgan fingerprint density at radius 2 is 2.47 bits per heavy atom. The molecule has 2 N–H and O–H groups in total. The number of nitrogens with one attached hydrogen (secondary N) is 2. The van der Waals surface area contributed by atoms with Crippen molar-refractivity contribution in [1.82, 2.24) is 30.3 Å². The minimum Gasteiger partial charge on any atom is -0.329 e. The van der Waals surface area contributed by atoms with Crippen molar-refractivity contribution in [3.05, 3.63) is 11.0 Å². The van der Waals surface area contributed by atoms with Crippen molar-refractivity contribution in [2.24, 2.45) is 0 Å². The van der Waals surface area contributed by atoms with Crippen LogP contribution in [0.15, 0.2) is 6.33 Å². The molecule has 0 fully saturated rings. The monoisotopic (exact) mass is 224 g/mol. The second-order valence-electron chi connectivity index (χ2n) is 3.17. The van der Waals surface area contributed by atoms with Crippen molar-refractivity contribution in [2.45, 2.75) is 13.0 Å². The quantitative estimate of drug-likeness (QED) is 0.584. The highest BCUT2D eigenvalue weighted by molar-refractivity contribution is 7.71. The van der Waals surface area contributed by atoms with Crippen molar-refractivity contribution >= 4 is 23.4 Å². The summed E-state index contributed by atoms with van der Waals surface area (Å²) in [6.45, 7) is 1.76. The van der Waals surface area contributed by atoms with Gasteiger partial charge in [-0.25, -0.2) is 9.67 Å². The van der Waals surface area contributed by atoms with E-state index >= 15 is 0 Å². The summed E-state index contributed by atoms with van der Waals surface area (Å²) in [6, 6.07) is 0. The molecule has 0 saturated carbocycles. The topological polar surface area (TPSA) is 71.4 Å². The molecule has 0 saturated heterocycles. The average molecular weight is 224 g/mol. The number of aromatic amines is 1. The summed E-state index contributed by atoms with van der Waals surface area (Å²) in [4.78, 5) is 6.96. The lowest BCUT2D eigenvalue weighted by molar-refractivity contribution is 0.555. The van der Waals surface area contributed by atoms with E-state index in [2.05, 4.69) is 25.6 Å². The first-order valence-electron chi connectivity index (χ1n) is 4.74. The number of aryl methyl sites for hydroxylation is 1. The van der Waals surface area contributed by atoms with Gasteiger partial charge in [-0.1, -0.05) is 17.4 Å². The van der Waals surface area contributed by atoms with E-state index in [1.807, 2.05) is 11.7 Å². The fourth-order valence-corrected chi connectivity index (χ4v) is 1.57. The largest absolute Gasteiger partial charge is 0.329 e. The molecule has 0 radical (unpaired) electrons. The predicted octanol–water partition coefficient (Wildman–Crippen LogP) is 0.493. The third-order valence-corrected chi connectivity index (χ3v) is 2.42. The fourth-order valence-electron chi connectivity index (χ4n) is 1.38. The second kappa shape index (κ2) is 4.45. The molecule has 0 aliphatic carbocycles. The normalized spacial score (nSPS) is 11.0. The Bertz CT molecular complexity index is 501. The zero-order valence-corrected chi connectivity index (χ0v) is 9.21. The Hall–Kier alpha value is -1.34. The highest BCUT2D eigenvalue weighted by Gasteiger charge is 2.05. The molecule has 0 aliphatic heterocycles. The highest BCUT2D eigenvalue weighted by Crippen LogP contribution is 2.07. The van der Waals surface area contributed by atoms with E-state index in [1.54, 1.807) is 6.33 Å². The molecule has 0 amide bonds. The Morgan fingerprint density at radius 1 is 1.60 bits per heavy atom. The molecule has 2 heterocycles. The van der Waals surface area contributed by atoms with E-state index in [4.69, 9.17) is 12.2 Å². The van der Waals surface area contributed by atoms with Crippen LogP contribution >= 0.6 is 12.2 Å². The van der Waals surface area contributed by atoms with Crippen LogP contribution < -0.4 is 5.32 Å². The van der Waals surface area contributed by atoms with Crippen molar-refractivity contribution in [3.63, 3.8) is 0 Å². The first-order chi connectivity index (χ1) is 7.33.